The van der Waals surface area contributed by atoms with Crippen LogP contribution in [0.1, 0.15) is 44.0 Å². The van der Waals surface area contributed by atoms with E-state index in [2.05, 4.69) is 10.3 Å². The van der Waals surface area contributed by atoms with Crippen molar-refractivity contribution in [3.63, 3.8) is 0 Å². The summed E-state index contributed by atoms with van der Waals surface area (Å²) in [5, 5.41) is 12.4. The predicted molar refractivity (Wildman–Crippen MR) is 127 cm³/mol. The number of aromatic nitrogens is 2. The van der Waals surface area contributed by atoms with E-state index in [1.54, 1.807) is 6.92 Å². The number of benzene rings is 1. The lowest BCUT2D eigenvalue weighted by molar-refractivity contribution is -0.117. The van der Waals surface area contributed by atoms with Crippen molar-refractivity contribution in [1.82, 2.24) is 14.9 Å². The zero-order valence-corrected chi connectivity index (χ0v) is 19.9. The van der Waals surface area contributed by atoms with Gasteiger partial charge in [0.05, 0.1) is 24.5 Å². The van der Waals surface area contributed by atoms with Gasteiger partial charge in [-0.2, -0.15) is 0 Å². The smallest absolute Gasteiger partial charge is 0.256 e. The second-order valence-corrected chi connectivity index (χ2v) is 9.37. The fourth-order valence-electron chi connectivity index (χ4n) is 4.42. The van der Waals surface area contributed by atoms with E-state index in [4.69, 9.17) is 0 Å². The summed E-state index contributed by atoms with van der Waals surface area (Å²) in [6.07, 6.45) is 0.554. The molecule has 0 saturated carbocycles. The van der Waals surface area contributed by atoms with Gasteiger partial charge >= 0.3 is 0 Å². The molecule has 3 aromatic rings. The minimum atomic E-state index is -1.28. The number of β-amino-alcohol motifs (C(OH)–C–C–N with tert-alkyl or cyclic N) is 1. The summed E-state index contributed by atoms with van der Waals surface area (Å²) in [5.74, 6) is -4.56. The summed E-state index contributed by atoms with van der Waals surface area (Å²) >= 11 is 0. The molecule has 2 N–H and O–H groups in total. The van der Waals surface area contributed by atoms with E-state index in [0.29, 0.717) is 18.6 Å². The first-order valence-electron chi connectivity index (χ1n) is 11.5. The van der Waals surface area contributed by atoms with Crippen LogP contribution in [0.2, 0.25) is 0 Å². The highest BCUT2D eigenvalue weighted by Gasteiger charge is 2.31. The maximum atomic E-state index is 14.8. The van der Waals surface area contributed by atoms with Crippen molar-refractivity contribution >= 4 is 28.7 Å². The van der Waals surface area contributed by atoms with Gasteiger partial charge in [-0.3, -0.25) is 23.9 Å². The van der Waals surface area contributed by atoms with E-state index in [1.807, 2.05) is 13.8 Å². The molecular weight excluding hydrogens is 477 g/mol. The summed E-state index contributed by atoms with van der Waals surface area (Å²) in [6.45, 7) is 5.67. The SMILES string of the molecule is CC(C)C[C@@H](C)NC(=O)c1cn(-c2c(F)cc(F)cc2F)c2nc(N3CC(O)CC3=O)ccc2c1=O. The van der Waals surface area contributed by atoms with Crippen LogP contribution in [0, 0.1) is 23.4 Å². The molecule has 2 aromatic heterocycles. The van der Waals surface area contributed by atoms with Crippen LogP contribution in [0.25, 0.3) is 16.7 Å². The van der Waals surface area contributed by atoms with Crippen molar-refractivity contribution in [2.75, 3.05) is 11.4 Å². The number of carbonyl (C=O) groups excluding carboxylic acids is 2. The molecule has 1 aromatic carbocycles. The maximum Gasteiger partial charge on any atom is 0.256 e. The summed E-state index contributed by atoms with van der Waals surface area (Å²) in [6, 6.07) is 3.30. The minimum Gasteiger partial charge on any atom is -0.391 e. The second kappa shape index (κ2) is 9.73. The molecule has 3 heterocycles. The molecule has 4 rings (SSSR count). The second-order valence-electron chi connectivity index (χ2n) is 9.37. The fraction of sp³-hybridized carbons (Fsp3) is 0.360. The van der Waals surface area contributed by atoms with Crippen molar-refractivity contribution in [1.29, 1.82) is 0 Å². The highest BCUT2D eigenvalue weighted by atomic mass is 19.1. The van der Waals surface area contributed by atoms with Gasteiger partial charge in [-0.05, 0) is 31.4 Å². The number of rotatable bonds is 6. The van der Waals surface area contributed by atoms with E-state index in [1.165, 1.54) is 17.0 Å². The molecule has 36 heavy (non-hydrogen) atoms. The van der Waals surface area contributed by atoms with Crippen LogP contribution >= 0.6 is 0 Å². The van der Waals surface area contributed by atoms with Gasteiger partial charge in [-0.25, -0.2) is 18.2 Å². The molecule has 11 heteroatoms. The first-order valence-corrected chi connectivity index (χ1v) is 11.5. The average molecular weight is 502 g/mol. The van der Waals surface area contributed by atoms with Gasteiger partial charge in [-0.1, -0.05) is 13.8 Å². The topological polar surface area (TPSA) is 105 Å². The minimum absolute atomic E-state index is 0.0443. The van der Waals surface area contributed by atoms with Crippen LogP contribution in [0.5, 0.6) is 0 Å². The lowest BCUT2D eigenvalue weighted by Gasteiger charge is -2.19. The number of nitrogens with zero attached hydrogens (tertiary/aromatic N) is 3. The zero-order chi connectivity index (χ0) is 26.3. The molecular formula is C25H25F3N4O4. The summed E-state index contributed by atoms with van der Waals surface area (Å²) in [5.41, 5.74) is -2.11. The van der Waals surface area contributed by atoms with Gasteiger partial charge in [0.15, 0.2) is 17.3 Å². The number of aliphatic hydroxyl groups is 1. The molecule has 0 bridgehead atoms. The average Bonchev–Trinajstić information content (AvgIpc) is 3.11. The van der Waals surface area contributed by atoms with Gasteiger partial charge in [0.25, 0.3) is 5.91 Å². The molecule has 1 saturated heterocycles. The van der Waals surface area contributed by atoms with E-state index in [9.17, 15) is 32.7 Å². The lowest BCUT2D eigenvalue weighted by Crippen LogP contribution is -2.36. The quantitative estimate of drug-likeness (QED) is 0.539. The molecule has 1 fully saturated rings. The number of nitrogens with one attached hydrogen (secondary N) is 1. The number of carbonyl (C=O) groups is 2. The fourth-order valence-corrected chi connectivity index (χ4v) is 4.42. The number of anilines is 1. The molecule has 1 unspecified atom stereocenters. The van der Waals surface area contributed by atoms with Crippen molar-refractivity contribution < 1.29 is 27.9 Å². The molecule has 1 aliphatic heterocycles. The molecule has 0 spiro atoms. The van der Waals surface area contributed by atoms with Gasteiger partial charge in [-0.15, -0.1) is 0 Å². The monoisotopic (exact) mass is 502 g/mol. The van der Waals surface area contributed by atoms with Crippen molar-refractivity contribution in [2.24, 2.45) is 5.92 Å². The number of pyridine rings is 2. The van der Waals surface area contributed by atoms with Gasteiger partial charge in [0.1, 0.15) is 22.9 Å². The van der Waals surface area contributed by atoms with Crippen LogP contribution in [0.15, 0.2) is 35.3 Å². The third-order valence-corrected chi connectivity index (χ3v) is 5.89. The standard InChI is InChI=1S/C25H25F3N4O4/c1-12(2)6-13(3)29-25(36)17-11-32(22-18(27)7-14(26)8-19(22)28)24-16(23(17)35)4-5-20(30-24)31-10-15(33)9-21(31)34/h4-5,7-8,11-13,15,33H,6,9-10H2,1-3H3,(H,29,36)/t13-,15?/m1/s1. The van der Waals surface area contributed by atoms with Crippen LogP contribution in [-0.2, 0) is 4.79 Å². The Balaban J connectivity index is 1.94. The predicted octanol–water partition coefficient (Wildman–Crippen LogP) is 3.07. The van der Waals surface area contributed by atoms with Crippen molar-refractivity contribution in [3.8, 4) is 5.69 Å². The first kappa shape index (κ1) is 25.4. The van der Waals surface area contributed by atoms with Gasteiger partial charge in [0.2, 0.25) is 11.3 Å². The maximum absolute atomic E-state index is 14.8. The van der Waals surface area contributed by atoms with E-state index < -0.39 is 46.5 Å². The Morgan fingerprint density at radius 1 is 1.17 bits per heavy atom. The van der Waals surface area contributed by atoms with Gasteiger partial charge < -0.3 is 10.4 Å². The summed E-state index contributed by atoms with van der Waals surface area (Å²) in [7, 11) is 0. The van der Waals surface area contributed by atoms with Crippen LogP contribution in [-0.4, -0.2) is 45.2 Å². The number of amides is 2. The third-order valence-electron chi connectivity index (χ3n) is 5.89. The molecule has 1 aliphatic rings. The molecule has 2 atom stereocenters. The lowest BCUT2D eigenvalue weighted by atomic mass is 10.0. The van der Waals surface area contributed by atoms with Crippen LogP contribution < -0.4 is 15.6 Å². The van der Waals surface area contributed by atoms with E-state index >= 15 is 0 Å². The number of hydrogen-bond donors (Lipinski definition) is 2. The first-order chi connectivity index (χ1) is 17.0. The molecule has 8 nitrogen and oxygen atoms in total. The number of hydrogen-bond acceptors (Lipinski definition) is 5. The third kappa shape index (κ3) is 4.83. The van der Waals surface area contributed by atoms with Crippen molar-refractivity contribution in [3.05, 3.63) is 63.7 Å². The Kier molecular flexibility index (Phi) is 6.85. The zero-order valence-electron chi connectivity index (χ0n) is 19.9. The molecule has 2 amide bonds. The van der Waals surface area contributed by atoms with Gasteiger partial charge in [0, 0.05) is 24.4 Å². The number of halogens is 3. The summed E-state index contributed by atoms with van der Waals surface area (Å²) < 4.78 is 44.1. The van der Waals surface area contributed by atoms with Crippen molar-refractivity contribution in [2.45, 2.75) is 45.8 Å². The Labute approximate surface area is 204 Å². The Hall–Kier alpha value is -3.73. The highest BCUT2D eigenvalue weighted by molar-refractivity contribution is 5.99. The van der Waals surface area contributed by atoms with E-state index in [0.717, 1.165) is 10.8 Å². The largest absolute Gasteiger partial charge is 0.391 e. The van der Waals surface area contributed by atoms with Crippen LogP contribution in [0.3, 0.4) is 0 Å². The van der Waals surface area contributed by atoms with E-state index in [-0.39, 0.29) is 47.3 Å². The Morgan fingerprint density at radius 2 is 1.83 bits per heavy atom. The Bertz CT molecular complexity index is 1400. The van der Waals surface area contributed by atoms with Crippen LogP contribution in [0.4, 0.5) is 19.0 Å². The molecule has 0 aliphatic carbocycles. The molecule has 190 valence electrons. The highest BCUT2D eigenvalue weighted by Crippen LogP contribution is 2.26. The normalized spacial score (nSPS) is 16.7. The Morgan fingerprint density at radius 3 is 2.42 bits per heavy atom. The number of fused-ring (bicyclic) bond motifs is 1. The molecule has 0 radical (unpaired) electrons. The number of aliphatic hydroxyl groups excluding tert-OH is 1. The summed E-state index contributed by atoms with van der Waals surface area (Å²) in [4.78, 5) is 44.0.